The molecule has 17 nitrogen and oxygen atoms in total. The molecule has 3 aromatic rings. The molecule has 20 heteroatoms. The van der Waals surface area contributed by atoms with Crippen LogP contribution in [0.1, 0.15) is 86.6 Å². The molecular formula is C42H47F3N6O11. The number of imide groups is 1. The van der Waals surface area contributed by atoms with Gasteiger partial charge in [0.15, 0.2) is 5.79 Å². The van der Waals surface area contributed by atoms with Gasteiger partial charge in [-0.05, 0) is 74.1 Å². The predicted molar refractivity (Wildman–Crippen MR) is 215 cm³/mol. The van der Waals surface area contributed by atoms with Crippen LogP contribution in [0.3, 0.4) is 0 Å². The number of fused-ring (bicyclic) bond motifs is 1. The lowest BCUT2D eigenvalue weighted by molar-refractivity contribution is -0.233. The number of benzene rings is 2. The number of halogens is 3. The average Bonchev–Trinajstić information content (AvgIpc) is 3.84. The Labute approximate surface area is 353 Å². The Balaban J connectivity index is 1.08. The highest BCUT2D eigenvalue weighted by atomic mass is 19.4. The average molecular weight is 869 g/mol. The van der Waals surface area contributed by atoms with Crippen LogP contribution in [0.15, 0.2) is 59.4 Å². The molecule has 0 radical (unpaired) electrons. The van der Waals surface area contributed by atoms with Gasteiger partial charge in [0.05, 0.1) is 37.8 Å². The highest BCUT2D eigenvalue weighted by Crippen LogP contribution is 2.35. The van der Waals surface area contributed by atoms with Crippen molar-refractivity contribution in [3.05, 3.63) is 76.1 Å². The number of H-pyrrole nitrogens is 1. The summed E-state index contributed by atoms with van der Waals surface area (Å²) in [6.07, 6.45) is 1.12. The number of nitrogen functional groups attached to an aromatic ring is 1. The van der Waals surface area contributed by atoms with Crippen LogP contribution in [0.5, 0.6) is 0 Å². The number of hydrogen-bond donors (Lipinski definition) is 3. The third-order valence-corrected chi connectivity index (χ3v) is 10.4. The van der Waals surface area contributed by atoms with Crippen LogP contribution in [0.4, 0.5) is 24.8 Å². The third kappa shape index (κ3) is 12.6. The number of rotatable bonds is 22. The lowest BCUT2D eigenvalue weighted by Gasteiger charge is -2.29. The van der Waals surface area contributed by atoms with Crippen LogP contribution in [0, 0.1) is 0 Å². The number of amides is 4. The standard InChI is InChI=1S/C42H47F3N6O11/c1-60-38(58)33(15-13-29(52)6-4-22-61-41(19-2-3-20-41)62-23-5-7-30(53)18-21-50-34(54)16-17-35(50)55)47-36(56)27-9-11-28(12-10-27)51(39(59)42(43,44)45)25-26-8-14-32-31(24-26)37(57)49-40(46)48-32/h8-12,14,16-17,24,33H,2-7,13,15,18-23,25H2,1H3,(H,47,56)(H3,46,48,49,57)/t33-/m0/s1. The monoisotopic (exact) mass is 868 g/mol. The smallest absolute Gasteiger partial charge is 0.467 e. The van der Waals surface area contributed by atoms with E-state index in [4.69, 9.17) is 19.9 Å². The van der Waals surface area contributed by atoms with Gasteiger partial charge in [0, 0.05) is 68.5 Å². The van der Waals surface area contributed by atoms with Gasteiger partial charge in [0.25, 0.3) is 23.3 Å². The number of methoxy groups -OCH3 is 1. The minimum absolute atomic E-state index is 0.0319. The molecule has 4 N–H and O–H groups in total. The van der Waals surface area contributed by atoms with Crippen LogP contribution in [-0.2, 0) is 49.5 Å². The number of aromatic amines is 1. The molecule has 0 spiro atoms. The second-order valence-corrected chi connectivity index (χ2v) is 14.8. The molecule has 1 fully saturated rings. The molecule has 2 heterocycles. The first-order chi connectivity index (χ1) is 29.5. The number of anilines is 2. The number of Topliss-reactive ketones (excluding diaryl/α,β-unsaturated/α-hetero) is 2. The summed E-state index contributed by atoms with van der Waals surface area (Å²) in [5.41, 5.74) is 5.03. The zero-order valence-electron chi connectivity index (χ0n) is 33.9. The molecule has 332 valence electrons. The number of nitrogens with zero attached hydrogens (tertiary/aromatic N) is 3. The number of ketones is 2. The number of carbonyl (C=O) groups is 7. The maximum absolute atomic E-state index is 13.7. The van der Waals surface area contributed by atoms with Crippen molar-refractivity contribution in [1.29, 1.82) is 0 Å². The zero-order valence-corrected chi connectivity index (χ0v) is 33.9. The topological polar surface area (TPSA) is 237 Å². The quantitative estimate of drug-likeness (QED) is 0.0562. The van der Waals surface area contributed by atoms with Gasteiger partial charge >= 0.3 is 18.1 Å². The van der Waals surface area contributed by atoms with Gasteiger partial charge in [0.1, 0.15) is 17.6 Å². The van der Waals surface area contributed by atoms with Crippen LogP contribution < -0.4 is 21.5 Å². The van der Waals surface area contributed by atoms with Crippen LogP contribution in [-0.4, -0.2) is 101 Å². The Kier molecular flexibility index (Phi) is 15.8. The summed E-state index contributed by atoms with van der Waals surface area (Å²) in [6.45, 7) is -0.0861. The fourth-order valence-corrected chi connectivity index (χ4v) is 7.09. The molecule has 1 aliphatic carbocycles. The molecule has 1 saturated carbocycles. The Morgan fingerprint density at radius 3 is 2.11 bits per heavy atom. The molecule has 2 aliphatic rings. The Hall–Kier alpha value is -6.28. The van der Waals surface area contributed by atoms with Gasteiger partial charge in [0.2, 0.25) is 5.95 Å². The molecule has 0 saturated heterocycles. The molecule has 5 rings (SSSR count). The van der Waals surface area contributed by atoms with Crippen molar-refractivity contribution in [3.8, 4) is 0 Å². The van der Waals surface area contributed by atoms with Crippen molar-refractivity contribution < 1.29 is 60.9 Å². The summed E-state index contributed by atoms with van der Waals surface area (Å²) in [4.78, 5) is 107. The first-order valence-corrected chi connectivity index (χ1v) is 20.0. The Morgan fingerprint density at radius 2 is 1.52 bits per heavy atom. The van der Waals surface area contributed by atoms with Crippen LogP contribution in [0.2, 0.25) is 0 Å². The largest absolute Gasteiger partial charge is 0.471 e. The molecule has 1 aliphatic heterocycles. The first kappa shape index (κ1) is 46.8. The van der Waals surface area contributed by atoms with Gasteiger partial charge in [-0.15, -0.1) is 0 Å². The Bertz CT molecular complexity index is 2240. The second-order valence-electron chi connectivity index (χ2n) is 14.8. The summed E-state index contributed by atoms with van der Waals surface area (Å²) in [7, 11) is 1.11. The summed E-state index contributed by atoms with van der Waals surface area (Å²) in [5.74, 6) is -5.96. The van der Waals surface area contributed by atoms with E-state index in [1.165, 1.54) is 42.5 Å². The number of aromatic nitrogens is 2. The first-order valence-electron chi connectivity index (χ1n) is 20.0. The van der Waals surface area contributed by atoms with E-state index in [0.717, 1.165) is 37.0 Å². The van der Waals surface area contributed by atoms with Crippen LogP contribution >= 0.6 is 0 Å². The summed E-state index contributed by atoms with van der Waals surface area (Å²) in [6, 6.07) is 7.42. The van der Waals surface area contributed by atoms with Crippen molar-refractivity contribution in [2.45, 2.75) is 95.2 Å². The van der Waals surface area contributed by atoms with Crippen molar-refractivity contribution in [2.24, 2.45) is 0 Å². The fraction of sp³-hybridized carbons (Fsp3) is 0.452. The second kappa shape index (κ2) is 21.0. The molecule has 0 bridgehead atoms. The number of nitrogens with two attached hydrogens (primary N) is 1. The van der Waals surface area contributed by atoms with E-state index in [-0.39, 0.29) is 97.1 Å². The molecule has 1 atom stereocenters. The van der Waals surface area contributed by atoms with Crippen molar-refractivity contribution in [1.82, 2.24) is 20.2 Å². The lowest BCUT2D eigenvalue weighted by atomic mass is 10.0. The van der Waals surface area contributed by atoms with E-state index in [9.17, 15) is 51.5 Å². The van der Waals surface area contributed by atoms with Crippen molar-refractivity contribution in [2.75, 3.05) is 37.5 Å². The van der Waals surface area contributed by atoms with E-state index >= 15 is 0 Å². The molecule has 1 aromatic heterocycles. The third-order valence-electron chi connectivity index (χ3n) is 10.4. The Morgan fingerprint density at radius 1 is 0.903 bits per heavy atom. The van der Waals surface area contributed by atoms with Gasteiger partial charge in [-0.25, -0.2) is 9.78 Å². The number of alkyl halides is 3. The fourth-order valence-electron chi connectivity index (χ4n) is 7.09. The van der Waals surface area contributed by atoms with Crippen molar-refractivity contribution in [3.63, 3.8) is 0 Å². The maximum atomic E-state index is 13.7. The number of esters is 1. The molecule has 62 heavy (non-hydrogen) atoms. The number of carbonyl (C=O) groups excluding carboxylic acids is 7. The molecule has 0 unspecified atom stereocenters. The molecule has 2 aromatic carbocycles. The highest BCUT2D eigenvalue weighted by Gasteiger charge is 2.43. The van der Waals surface area contributed by atoms with Crippen molar-refractivity contribution >= 4 is 63.7 Å². The van der Waals surface area contributed by atoms with E-state index in [2.05, 4.69) is 15.3 Å². The van der Waals surface area contributed by atoms with Crippen LogP contribution in [0.25, 0.3) is 10.9 Å². The van der Waals surface area contributed by atoms with E-state index in [0.29, 0.717) is 30.6 Å². The SMILES string of the molecule is COC(=O)[C@H](CCC(=O)CCCOC1(OCCCC(=O)CCN2C(=O)C=CC2=O)CCCC1)NC(=O)c1ccc(N(Cc2ccc3nc(N)[nH]c(=O)c3c2)C(=O)C(F)(F)F)cc1. The van der Waals surface area contributed by atoms with Gasteiger partial charge in [-0.3, -0.25) is 43.4 Å². The minimum Gasteiger partial charge on any atom is -0.467 e. The van der Waals surface area contributed by atoms with E-state index in [1.54, 1.807) is 0 Å². The summed E-state index contributed by atoms with van der Waals surface area (Å²) >= 11 is 0. The minimum atomic E-state index is -5.27. The summed E-state index contributed by atoms with van der Waals surface area (Å²) in [5, 5.41) is 2.54. The maximum Gasteiger partial charge on any atom is 0.471 e. The van der Waals surface area contributed by atoms with Gasteiger partial charge in [-0.2, -0.15) is 13.2 Å². The highest BCUT2D eigenvalue weighted by molar-refractivity contribution is 6.13. The normalized spacial score (nSPS) is 15.2. The summed E-state index contributed by atoms with van der Waals surface area (Å²) < 4.78 is 58.1. The molecular weight excluding hydrogens is 821 g/mol. The van der Waals surface area contributed by atoms with E-state index < -0.39 is 59.7 Å². The number of ether oxygens (including phenoxy) is 3. The zero-order chi connectivity index (χ0) is 45.0. The number of hydrogen-bond acceptors (Lipinski definition) is 13. The predicted octanol–water partition coefficient (Wildman–Crippen LogP) is 3.97. The van der Waals surface area contributed by atoms with Gasteiger partial charge < -0.3 is 30.2 Å². The lowest BCUT2D eigenvalue weighted by Crippen LogP contribution is -2.42. The molecule has 4 amide bonds. The van der Waals surface area contributed by atoms with E-state index in [1.807, 2.05) is 0 Å². The number of nitrogens with one attached hydrogen (secondary N) is 2. The van der Waals surface area contributed by atoms with Gasteiger partial charge in [-0.1, -0.05) is 6.07 Å².